The first-order chi connectivity index (χ1) is 12.4. The molecule has 0 fully saturated rings. The fourth-order valence-electron chi connectivity index (χ4n) is 4.26. The van der Waals surface area contributed by atoms with E-state index in [-0.39, 0.29) is 34.7 Å². The van der Waals surface area contributed by atoms with Crippen molar-refractivity contribution in [3.8, 4) is 11.5 Å². The first kappa shape index (κ1) is 19.5. The number of nitrogens with one attached hydrogen (secondary N) is 2. The van der Waals surface area contributed by atoms with Gasteiger partial charge in [-0.15, -0.1) is 0 Å². The Kier molecular flexibility index (Phi) is 4.61. The Bertz CT molecular complexity index is 831. The summed E-state index contributed by atoms with van der Waals surface area (Å²) in [5.74, 6) is 1.05. The first-order valence-electron chi connectivity index (χ1n) is 9.52. The van der Waals surface area contributed by atoms with E-state index in [4.69, 9.17) is 10.1 Å². The van der Waals surface area contributed by atoms with Crippen molar-refractivity contribution in [1.82, 2.24) is 5.32 Å². The van der Waals surface area contributed by atoms with E-state index in [0.29, 0.717) is 18.4 Å². The number of phenols is 1. The normalized spacial score (nSPS) is 23.4. The van der Waals surface area contributed by atoms with E-state index in [0.717, 1.165) is 16.9 Å². The second-order valence-electron chi connectivity index (χ2n) is 9.32. The Morgan fingerprint density at radius 1 is 1.33 bits per heavy atom. The second-order valence-corrected chi connectivity index (χ2v) is 9.32. The first-order valence-corrected chi connectivity index (χ1v) is 9.52. The standard InChI is InChI=1S/C22H30N2O3/c1-12(23)24-20(26)13-7-8-16-15(9-13)19-17(25)10-14(21(2,3)4)11-18(19)27-22(16,5)6/h7,10-11,15-16,25H,8-9H2,1-6H3,(H2,23,24,26)/t15-,16-/m1/s1. The van der Waals surface area contributed by atoms with Gasteiger partial charge >= 0.3 is 0 Å². The fraction of sp³-hybridized carbons (Fsp3) is 0.545. The smallest absolute Gasteiger partial charge is 0.252 e. The molecule has 0 aromatic heterocycles. The molecule has 2 atom stereocenters. The van der Waals surface area contributed by atoms with Gasteiger partial charge in [0.25, 0.3) is 5.91 Å². The Morgan fingerprint density at radius 2 is 2.00 bits per heavy atom. The molecule has 146 valence electrons. The number of carbonyl (C=O) groups excluding carboxylic acids is 1. The Morgan fingerprint density at radius 3 is 2.59 bits per heavy atom. The number of phenolic OH excluding ortho intramolecular Hbond substituents is 1. The van der Waals surface area contributed by atoms with Crippen LogP contribution in [0.25, 0.3) is 0 Å². The van der Waals surface area contributed by atoms with Crippen LogP contribution in [0, 0.1) is 11.3 Å². The molecule has 3 rings (SSSR count). The van der Waals surface area contributed by atoms with E-state index < -0.39 is 5.60 Å². The highest BCUT2D eigenvalue weighted by Gasteiger charge is 2.47. The highest BCUT2D eigenvalue weighted by molar-refractivity contribution is 6.04. The third-order valence-corrected chi connectivity index (χ3v) is 5.76. The molecule has 0 saturated carbocycles. The topological polar surface area (TPSA) is 82.4 Å². The number of benzene rings is 1. The molecule has 27 heavy (non-hydrogen) atoms. The average Bonchev–Trinajstić information content (AvgIpc) is 2.51. The number of fused-ring (bicyclic) bond motifs is 3. The number of allylic oxidation sites excluding steroid dienone is 1. The maximum Gasteiger partial charge on any atom is 0.252 e. The SMILES string of the molecule is CC(=N)NC(=O)C1=CC[C@@H]2[C@@H](C1)c1c(O)cc(C(C)(C)C)cc1OC2(C)C. The van der Waals surface area contributed by atoms with Crippen LogP contribution in [-0.4, -0.2) is 22.5 Å². The fourth-order valence-corrected chi connectivity index (χ4v) is 4.26. The summed E-state index contributed by atoms with van der Waals surface area (Å²) in [6, 6.07) is 3.87. The van der Waals surface area contributed by atoms with Crippen molar-refractivity contribution in [1.29, 1.82) is 5.41 Å². The van der Waals surface area contributed by atoms with Crippen molar-refractivity contribution in [2.24, 2.45) is 5.92 Å². The number of amides is 1. The number of amidine groups is 1. The van der Waals surface area contributed by atoms with Crippen molar-refractivity contribution < 1.29 is 14.6 Å². The van der Waals surface area contributed by atoms with Gasteiger partial charge in [-0.25, -0.2) is 0 Å². The molecule has 2 aliphatic rings. The molecule has 1 amide bonds. The number of hydrogen-bond acceptors (Lipinski definition) is 4. The lowest BCUT2D eigenvalue weighted by atomic mass is 9.66. The van der Waals surface area contributed by atoms with Crippen molar-refractivity contribution in [3.05, 3.63) is 34.9 Å². The summed E-state index contributed by atoms with van der Waals surface area (Å²) < 4.78 is 6.34. The lowest BCUT2D eigenvalue weighted by Crippen LogP contribution is -2.46. The molecule has 0 radical (unpaired) electrons. The van der Waals surface area contributed by atoms with Crippen LogP contribution in [0.1, 0.15) is 71.4 Å². The van der Waals surface area contributed by atoms with Gasteiger partial charge < -0.3 is 15.2 Å². The number of carbonyl (C=O) groups is 1. The molecule has 5 heteroatoms. The lowest BCUT2D eigenvalue weighted by molar-refractivity contribution is -0.116. The Labute approximate surface area is 161 Å². The van der Waals surface area contributed by atoms with Crippen LogP contribution in [0.5, 0.6) is 11.5 Å². The average molecular weight is 370 g/mol. The molecule has 0 saturated heterocycles. The highest BCUT2D eigenvalue weighted by Crippen LogP contribution is 2.54. The van der Waals surface area contributed by atoms with Gasteiger partial charge in [-0.05, 0) is 56.7 Å². The van der Waals surface area contributed by atoms with Crippen molar-refractivity contribution in [2.45, 2.75) is 71.3 Å². The van der Waals surface area contributed by atoms with Crippen LogP contribution >= 0.6 is 0 Å². The third-order valence-electron chi connectivity index (χ3n) is 5.76. The van der Waals surface area contributed by atoms with Crippen LogP contribution in [-0.2, 0) is 10.2 Å². The van der Waals surface area contributed by atoms with E-state index in [1.54, 1.807) is 6.92 Å². The summed E-state index contributed by atoms with van der Waals surface area (Å²) in [6.45, 7) is 12.0. The molecule has 1 aliphatic carbocycles. The van der Waals surface area contributed by atoms with Gasteiger partial charge in [-0.1, -0.05) is 26.8 Å². The minimum Gasteiger partial charge on any atom is -0.508 e. The predicted octanol–water partition coefficient (Wildman–Crippen LogP) is 4.39. The predicted molar refractivity (Wildman–Crippen MR) is 107 cm³/mol. The number of rotatable bonds is 1. The van der Waals surface area contributed by atoms with E-state index >= 15 is 0 Å². The zero-order valence-corrected chi connectivity index (χ0v) is 17.1. The van der Waals surface area contributed by atoms with Gasteiger partial charge in [0.15, 0.2) is 0 Å². The molecule has 3 N–H and O–H groups in total. The quantitative estimate of drug-likeness (QED) is 0.506. The van der Waals surface area contributed by atoms with Gasteiger partial charge in [0, 0.05) is 23.0 Å². The summed E-state index contributed by atoms with van der Waals surface area (Å²) in [4.78, 5) is 12.4. The van der Waals surface area contributed by atoms with Crippen molar-refractivity contribution in [2.75, 3.05) is 0 Å². The largest absolute Gasteiger partial charge is 0.508 e. The van der Waals surface area contributed by atoms with Crippen molar-refractivity contribution >= 4 is 11.7 Å². The van der Waals surface area contributed by atoms with E-state index in [9.17, 15) is 9.90 Å². The Balaban J connectivity index is 2.05. The summed E-state index contributed by atoms with van der Waals surface area (Å²) in [5, 5.41) is 20.9. The Hall–Kier alpha value is -2.30. The van der Waals surface area contributed by atoms with Gasteiger partial charge in [0.1, 0.15) is 17.1 Å². The maximum absolute atomic E-state index is 12.4. The molecule has 1 aliphatic heterocycles. The second kappa shape index (κ2) is 6.39. The lowest BCUT2D eigenvalue weighted by Gasteiger charge is -2.47. The van der Waals surface area contributed by atoms with Gasteiger partial charge in [-0.3, -0.25) is 10.2 Å². The molecule has 1 heterocycles. The van der Waals surface area contributed by atoms with Gasteiger partial charge in [-0.2, -0.15) is 0 Å². The molecule has 5 nitrogen and oxygen atoms in total. The zero-order valence-electron chi connectivity index (χ0n) is 17.1. The summed E-state index contributed by atoms with van der Waals surface area (Å²) in [7, 11) is 0. The summed E-state index contributed by atoms with van der Waals surface area (Å²) in [6.07, 6.45) is 3.19. The third kappa shape index (κ3) is 3.60. The molecule has 0 unspecified atom stereocenters. The molecular weight excluding hydrogens is 340 g/mol. The monoisotopic (exact) mass is 370 g/mol. The summed E-state index contributed by atoms with van der Waals surface area (Å²) >= 11 is 0. The van der Waals surface area contributed by atoms with E-state index in [1.807, 2.05) is 18.2 Å². The summed E-state index contributed by atoms with van der Waals surface area (Å²) in [5.41, 5.74) is 2.01. The number of aromatic hydroxyl groups is 1. The molecule has 0 spiro atoms. The van der Waals surface area contributed by atoms with Gasteiger partial charge in [0.05, 0.1) is 5.84 Å². The molecular formula is C22H30N2O3. The minimum atomic E-state index is -0.392. The highest BCUT2D eigenvalue weighted by atomic mass is 16.5. The van der Waals surface area contributed by atoms with Crippen LogP contribution in [0.2, 0.25) is 0 Å². The van der Waals surface area contributed by atoms with Gasteiger partial charge in [0.2, 0.25) is 0 Å². The molecule has 1 aromatic carbocycles. The van der Waals surface area contributed by atoms with Crippen LogP contribution in [0.15, 0.2) is 23.8 Å². The van der Waals surface area contributed by atoms with Crippen molar-refractivity contribution in [3.63, 3.8) is 0 Å². The van der Waals surface area contributed by atoms with Crippen LogP contribution < -0.4 is 10.1 Å². The number of hydrogen-bond donors (Lipinski definition) is 3. The maximum atomic E-state index is 12.4. The zero-order chi connectivity index (χ0) is 20.1. The van der Waals surface area contributed by atoms with E-state index in [2.05, 4.69) is 39.9 Å². The van der Waals surface area contributed by atoms with E-state index in [1.165, 1.54) is 0 Å². The minimum absolute atomic E-state index is 0.00885. The number of ether oxygens (including phenoxy) is 1. The molecule has 1 aromatic rings. The molecule has 0 bridgehead atoms. The van der Waals surface area contributed by atoms with Crippen LogP contribution in [0.3, 0.4) is 0 Å². The van der Waals surface area contributed by atoms with Crippen LogP contribution in [0.4, 0.5) is 0 Å².